The van der Waals surface area contributed by atoms with Crippen LogP contribution in [-0.2, 0) is 16.0 Å². The molecule has 39 heavy (non-hydrogen) atoms. The summed E-state index contributed by atoms with van der Waals surface area (Å²) in [5.74, 6) is -0.481. The smallest absolute Gasteiger partial charge is 0.348 e. The SMILES string of the molecule is CCN1C(=O)COc2ccc(C(=O)C(C)n3cnc4sc(C(=O)OCCc5ccccc5)c(C)c4c3=O)cc21. The number of fused-ring (bicyclic) bond motifs is 2. The van der Waals surface area contributed by atoms with E-state index >= 15 is 0 Å². The Morgan fingerprint density at radius 3 is 2.67 bits per heavy atom. The first-order valence-corrected chi connectivity index (χ1v) is 13.4. The molecule has 0 aliphatic carbocycles. The first-order chi connectivity index (χ1) is 18.8. The molecule has 10 heteroatoms. The van der Waals surface area contributed by atoms with Crippen LogP contribution < -0.4 is 15.2 Å². The van der Waals surface area contributed by atoms with Crippen LogP contribution in [0.25, 0.3) is 10.2 Å². The van der Waals surface area contributed by atoms with Crippen LogP contribution in [0.1, 0.15) is 51.0 Å². The lowest BCUT2D eigenvalue weighted by atomic mass is 10.0. The quantitative estimate of drug-likeness (QED) is 0.239. The number of ether oxygens (including phenoxy) is 2. The number of aryl methyl sites for hydroxylation is 1. The lowest BCUT2D eigenvalue weighted by Crippen LogP contribution is -2.38. The largest absolute Gasteiger partial charge is 0.482 e. The Bertz CT molecular complexity index is 1640. The number of hydrogen-bond acceptors (Lipinski definition) is 8. The molecule has 5 rings (SSSR count). The summed E-state index contributed by atoms with van der Waals surface area (Å²) in [5.41, 5.74) is 1.99. The highest BCUT2D eigenvalue weighted by Crippen LogP contribution is 2.34. The van der Waals surface area contributed by atoms with E-state index in [1.165, 1.54) is 10.9 Å². The topological polar surface area (TPSA) is 108 Å². The van der Waals surface area contributed by atoms with Gasteiger partial charge in [0.25, 0.3) is 11.5 Å². The van der Waals surface area contributed by atoms with E-state index in [1.807, 2.05) is 37.3 Å². The van der Waals surface area contributed by atoms with Gasteiger partial charge >= 0.3 is 5.97 Å². The molecule has 0 saturated heterocycles. The number of aromatic nitrogens is 2. The third-order valence-corrected chi connectivity index (χ3v) is 8.01. The zero-order chi connectivity index (χ0) is 27.7. The van der Waals surface area contributed by atoms with Crippen molar-refractivity contribution in [1.82, 2.24) is 9.55 Å². The molecule has 0 saturated carbocycles. The molecule has 1 amide bonds. The second-order valence-corrected chi connectivity index (χ2v) is 10.2. The van der Waals surface area contributed by atoms with E-state index in [-0.39, 0.29) is 24.9 Å². The van der Waals surface area contributed by atoms with Gasteiger partial charge in [-0.05, 0) is 50.1 Å². The lowest BCUT2D eigenvalue weighted by molar-refractivity contribution is -0.121. The number of hydrogen-bond donors (Lipinski definition) is 0. The van der Waals surface area contributed by atoms with Crippen LogP contribution in [0.15, 0.2) is 59.7 Å². The van der Waals surface area contributed by atoms with Crippen LogP contribution in [0.3, 0.4) is 0 Å². The molecule has 0 N–H and O–H groups in total. The Balaban J connectivity index is 1.39. The predicted molar refractivity (Wildman–Crippen MR) is 148 cm³/mol. The molecule has 1 atom stereocenters. The maximum absolute atomic E-state index is 13.5. The molecule has 0 radical (unpaired) electrons. The maximum Gasteiger partial charge on any atom is 0.348 e. The van der Waals surface area contributed by atoms with Gasteiger partial charge in [0.2, 0.25) is 0 Å². The highest BCUT2D eigenvalue weighted by molar-refractivity contribution is 7.20. The Kier molecular flexibility index (Phi) is 7.30. The molecule has 3 heterocycles. The maximum atomic E-state index is 13.5. The highest BCUT2D eigenvalue weighted by Gasteiger charge is 2.28. The second-order valence-electron chi connectivity index (χ2n) is 9.21. The number of nitrogens with zero attached hydrogens (tertiary/aromatic N) is 3. The van der Waals surface area contributed by atoms with Gasteiger partial charge in [-0.15, -0.1) is 11.3 Å². The van der Waals surface area contributed by atoms with Gasteiger partial charge in [0, 0.05) is 18.5 Å². The molecule has 200 valence electrons. The third-order valence-electron chi connectivity index (χ3n) is 6.83. The van der Waals surface area contributed by atoms with Gasteiger partial charge in [0.1, 0.15) is 15.5 Å². The normalized spacial score (nSPS) is 13.6. The first kappa shape index (κ1) is 26.3. The number of carbonyl (C=O) groups excluding carboxylic acids is 3. The highest BCUT2D eigenvalue weighted by atomic mass is 32.1. The minimum atomic E-state index is -0.872. The van der Waals surface area contributed by atoms with Crippen LogP contribution in [0, 0.1) is 6.92 Å². The Morgan fingerprint density at radius 1 is 1.15 bits per heavy atom. The molecule has 0 spiro atoms. The van der Waals surface area contributed by atoms with Gasteiger partial charge in [0.15, 0.2) is 12.4 Å². The van der Waals surface area contributed by atoms with Crippen molar-refractivity contribution in [3.63, 3.8) is 0 Å². The van der Waals surface area contributed by atoms with Crippen molar-refractivity contribution in [3.05, 3.63) is 86.8 Å². The number of rotatable bonds is 8. The summed E-state index contributed by atoms with van der Waals surface area (Å²) in [6.45, 7) is 5.77. The van der Waals surface area contributed by atoms with Crippen molar-refractivity contribution in [2.75, 3.05) is 24.7 Å². The van der Waals surface area contributed by atoms with E-state index in [1.54, 1.807) is 36.9 Å². The molecule has 9 nitrogen and oxygen atoms in total. The van der Waals surface area contributed by atoms with Crippen LogP contribution >= 0.6 is 11.3 Å². The number of likely N-dealkylation sites (N-methyl/N-ethyl adjacent to an activating group) is 1. The van der Waals surface area contributed by atoms with Gasteiger partial charge in [-0.1, -0.05) is 30.3 Å². The summed E-state index contributed by atoms with van der Waals surface area (Å²) in [4.78, 5) is 58.6. The number of carbonyl (C=O) groups is 3. The molecule has 1 aliphatic rings. The van der Waals surface area contributed by atoms with E-state index in [2.05, 4.69) is 4.98 Å². The standard InChI is InChI=1S/C29H27N3O6S/c1-4-31-21-14-20(10-11-22(21)38-15-23(31)33)25(34)18(3)32-16-30-27-24(28(32)35)17(2)26(39-27)29(36)37-13-12-19-8-6-5-7-9-19/h5-11,14,16,18H,4,12-13,15H2,1-3H3. The fourth-order valence-electron chi connectivity index (χ4n) is 4.65. The molecule has 1 unspecified atom stereocenters. The molecular weight excluding hydrogens is 518 g/mol. The molecule has 4 aromatic rings. The number of benzene rings is 2. The van der Waals surface area contributed by atoms with E-state index in [0.717, 1.165) is 16.9 Å². The monoisotopic (exact) mass is 545 g/mol. The van der Waals surface area contributed by atoms with E-state index in [4.69, 9.17) is 9.47 Å². The third kappa shape index (κ3) is 4.95. The summed E-state index contributed by atoms with van der Waals surface area (Å²) in [6.07, 6.45) is 1.91. The summed E-state index contributed by atoms with van der Waals surface area (Å²) in [5, 5.41) is 0.291. The van der Waals surface area contributed by atoms with E-state index in [9.17, 15) is 19.2 Å². The van der Waals surface area contributed by atoms with Crippen LogP contribution in [0.2, 0.25) is 0 Å². The Hall–Kier alpha value is -4.31. The van der Waals surface area contributed by atoms with Crippen molar-refractivity contribution in [3.8, 4) is 5.75 Å². The minimum Gasteiger partial charge on any atom is -0.482 e. The number of thiophene rings is 1. The predicted octanol–water partition coefficient (Wildman–Crippen LogP) is 4.36. The molecular formula is C29H27N3O6S. The average molecular weight is 546 g/mol. The van der Waals surface area contributed by atoms with E-state index in [0.29, 0.717) is 50.6 Å². The summed E-state index contributed by atoms with van der Waals surface area (Å²) < 4.78 is 12.2. The summed E-state index contributed by atoms with van der Waals surface area (Å²) >= 11 is 1.10. The van der Waals surface area contributed by atoms with Gasteiger partial charge in [0.05, 0.1) is 30.0 Å². The summed E-state index contributed by atoms with van der Waals surface area (Å²) in [7, 11) is 0. The lowest BCUT2D eigenvalue weighted by Gasteiger charge is -2.28. The van der Waals surface area contributed by atoms with Crippen LogP contribution in [0.5, 0.6) is 5.75 Å². The van der Waals surface area contributed by atoms with Crippen molar-refractivity contribution in [2.45, 2.75) is 33.2 Å². The number of amides is 1. The van der Waals surface area contributed by atoms with Crippen molar-refractivity contribution in [2.24, 2.45) is 0 Å². The summed E-state index contributed by atoms with van der Waals surface area (Å²) in [6, 6.07) is 13.7. The average Bonchev–Trinajstić information content (AvgIpc) is 3.29. The molecule has 2 aromatic heterocycles. The fraction of sp³-hybridized carbons (Fsp3) is 0.276. The van der Waals surface area contributed by atoms with Gasteiger partial charge < -0.3 is 14.4 Å². The number of Topliss-reactive ketones (excluding diaryl/α,β-unsaturated/α-hetero) is 1. The van der Waals surface area contributed by atoms with Gasteiger partial charge in [-0.25, -0.2) is 9.78 Å². The second kappa shape index (κ2) is 10.8. The molecule has 1 aliphatic heterocycles. The zero-order valence-corrected chi connectivity index (χ0v) is 22.6. The molecule has 0 bridgehead atoms. The van der Waals surface area contributed by atoms with Crippen molar-refractivity contribution >= 4 is 44.9 Å². The number of anilines is 1. The van der Waals surface area contributed by atoms with Crippen molar-refractivity contribution in [1.29, 1.82) is 0 Å². The van der Waals surface area contributed by atoms with Crippen molar-refractivity contribution < 1.29 is 23.9 Å². The number of ketones is 1. The molecule has 0 fully saturated rings. The number of esters is 1. The van der Waals surface area contributed by atoms with E-state index < -0.39 is 17.6 Å². The first-order valence-electron chi connectivity index (χ1n) is 12.6. The van der Waals surface area contributed by atoms with Crippen LogP contribution in [0.4, 0.5) is 5.69 Å². The van der Waals surface area contributed by atoms with Gasteiger partial charge in [-0.3, -0.25) is 19.0 Å². The van der Waals surface area contributed by atoms with Crippen LogP contribution in [-0.4, -0.2) is 47.0 Å². The Morgan fingerprint density at radius 2 is 1.92 bits per heavy atom. The zero-order valence-electron chi connectivity index (χ0n) is 21.8. The Labute approximate surface area is 228 Å². The molecule has 2 aromatic carbocycles. The minimum absolute atomic E-state index is 0.0475. The fourth-order valence-corrected chi connectivity index (χ4v) is 5.68. The van der Waals surface area contributed by atoms with Gasteiger partial charge in [-0.2, -0.15) is 0 Å².